The Morgan fingerprint density at radius 1 is 1.25 bits per heavy atom. The Hall–Kier alpha value is -2.21. The van der Waals surface area contributed by atoms with Gasteiger partial charge in [0.15, 0.2) is 11.5 Å². The summed E-state index contributed by atoms with van der Waals surface area (Å²) >= 11 is 5.72. The molecule has 0 amide bonds. The number of hydrogen-bond acceptors (Lipinski definition) is 5. The Kier molecular flexibility index (Phi) is 3.73. The van der Waals surface area contributed by atoms with E-state index >= 15 is 0 Å². The number of benzene rings is 1. The molecule has 0 unspecified atom stereocenters. The minimum absolute atomic E-state index is 0.605. The van der Waals surface area contributed by atoms with Crippen LogP contribution in [0.15, 0.2) is 36.7 Å². The maximum Gasteiger partial charge on any atom is 0.199 e. The molecule has 20 heavy (non-hydrogen) atoms. The fourth-order valence-electron chi connectivity index (χ4n) is 1.98. The molecule has 0 aliphatic rings. The van der Waals surface area contributed by atoms with Gasteiger partial charge in [0.1, 0.15) is 0 Å². The van der Waals surface area contributed by atoms with Crippen LogP contribution in [0, 0.1) is 0 Å². The zero-order valence-corrected chi connectivity index (χ0v) is 11.5. The summed E-state index contributed by atoms with van der Waals surface area (Å²) in [5, 5.41) is 14.7. The number of hydrogen-bond donors (Lipinski definition) is 1. The maximum absolute atomic E-state index is 5.72. The molecule has 0 saturated carbocycles. The predicted octanol–water partition coefficient (Wildman–Crippen LogP) is 2.43. The van der Waals surface area contributed by atoms with Crippen LogP contribution < -0.4 is 5.32 Å². The van der Waals surface area contributed by atoms with Crippen molar-refractivity contribution in [3.63, 3.8) is 0 Å². The van der Waals surface area contributed by atoms with E-state index in [1.54, 1.807) is 16.9 Å². The second-order valence-corrected chi connectivity index (χ2v) is 4.74. The lowest BCUT2D eigenvalue weighted by atomic mass is 10.1. The van der Waals surface area contributed by atoms with Crippen LogP contribution in [0.5, 0.6) is 0 Å². The highest BCUT2D eigenvalue weighted by atomic mass is 35.5. The fourth-order valence-corrected chi connectivity index (χ4v) is 2.12. The Bertz CT molecular complexity index is 711. The predicted molar refractivity (Wildman–Crippen MR) is 77.3 cm³/mol. The summed E-state index contributed by atoms with van der Waals surface area (Å²) in [6.07, 6.45) is 5.23. The smallest absolute Gasteiger partial charge is 0.199 e. The molecule has 1 aromatic carbocycles. The molecule has 0 aliphatic heterocycles. The summed E-state index contributed by atoms with van der Waals surface area (Å²) in [6.45, 7) is 0. The first-order valence-electron chi connectivity index (χ1n) is 6.31. The van der Waals surface area contributed by atoms with Crippen molar-refractivity contribution >= 4 is 28.8 Å². The van der Waals surface area contributed by atoms with E-state index in [0.29, 0.717) is 11.5 Å². The van der Waals surface area contributed by atoms with Gasteiger partial charge in [-0.25, -0.2) is 0 Å². The van der Waals surface area contributed by atoms with E-state index < -0.39 is 0 Å². The molecular weight excluding hydrogens is 276 g/mol. The van der Waals surface area contributed by atoms with Gasteiger partial charge in [-0.15, -0.1) is 16.7 Å². The SMILES string of the molecule is ClCCCc1cccc(Nc2cncc3nnnn23)c1. The van der Waals surface area contributed by atoms with Crippen LogP contribution in [0.2, 0.25) is 0 Å². The number of nitrogens with zero attached hydrogens (tertiary/aromatic N) is 5. The average molecular weight is 289 g/mol. The van der Waals surface area contributed by atoms with E-state index in [-0.39, 0.29) is 0 Å². The molecular formula is C13H13ClN6. The molecule has 0 saturated heterocycles. The van der Waals surface area contributed by atoms with Crippen LogP contribution in [0.4, 0.5) is 11.5 Å². The van der Waals surface area contributed by atoms with Crippen molar-refractivity contribution in [2.45, 2.75) is 12.8 Å². The van der Waals surface area contributed by atoms with Crippen LogP contribution in [-0.2, 0) is 6.42 Å². The van der Waals surface area contributed by atoms with Gasteiger partial charge in [-0.05, 0) is 41.0 Å². The van der Waals surface area contributed by atoms with Gasteiger partial charge in [-0.1, -0.05) is 12.1 Å². The monoisotopic (exact) mass is 288 g/mol. The van der Waals surface area contributed by atoms with Gasteiger partial charge >= 0.3 is 0 Å². The molecule has 6 nitrogen and oxygen atoms in total. The Morgan fingerprint density at radius 3 is 3.10 bits per heavy atom. The lowest BCUT2D eigenvalue weighted by Gasteiger charge is -2.08. The Morgan fingerprint density at radius 2 is 2.20 bits per heavy atom. The van der Waals surface area contributed by atoms with Crippen LogP contribution in [-0.4, -0.2) is 30.9 Å². The molecule has 2 heterocycles. The Labute approximate surface area is 120 Å². The standard InChI is InChI=1S/C13H13ClN6/c14-6-2-4-10-3-1-5-11(7-10)16-12-8-15-9-13-17-18-19-20(12)13/h1,3,5,7-9,16H,2,4,6H2. The third-order valence-corrected chi connectivity index (χ3v) is 3.17. The van der Waals surface area contributed by atoms with E-state index in [4.69, 9.17) is 11.6 Å². The van der Waals surface area contributed by atoms with Crippen LogP contribution in [0.3, 0.4) is 0 Å². The normalized spacial score (nSPS) is 10.8. The van der Waals surface area contributed by atoms with Crippen molar-refractivity contribution in [3.05, 3.63) is 42.2 Å². The number of alkyl halides is 1. The van der Waals surface area contributed by atoms with Gasteiger partial charge in [0, 0.05) is 11.6 Å². The van der Waals surface area contributed by atoms with Gasteiger partial charge in [0.05, 0.1) is 12.4 Å². The maximum atomic E-state index is 5.72. The molecule has 0 spiro atoms. The molecule has 7 heteroatoms. The topological polar surface area (TPSA) is 68.0 Å². The van der Waals surface area contributed by atoms with Crippen molar-refractivity contribution < 1.29 is 0 Å². The highest BCUT2D eigenvalue weighted by molar-refractivity contribution is 6.17. The van der Waals surface area contributed by atoms with E-state index in [1.807, 2.05) is 12.1 Å². The third-order valence-electron chi connectivity index (χ3n) is 2.91. The molecule has 2 aromatic heterocycles. The first kappa shape index (κ1) is 12.8. The number of aromatic nitrogens is 5. The van der Waals surface area contributed by atoms with Gasteiger partial charge in [-0.2, -0.15) is 4.52 Å². The summed E-state index contributed by atoms with van der Waals surface area (Å²) in [5.41, 5.74) is 2.82. The van der Waals surface area contributed by atoms with Crippen molar-refractivity contribution in [1.82, 2.24) is 25.0 Å². The van der Waals surface area contributed by atoms with Crippen molar-refractivity contribution in [3.8, 4) is 0 Å². The second kappa shape index (κ2) is 5.83. The highest BCUT2D eigenvalue weighted by Crippen LogP contribution is 2.18. The molecule has 0 aliphatic carbocycles. The van der Waals surface area contributed by atoms with Gasteiger partial charge < -0.3 is 5.32 Å². The first-order valence-corrected chi connectivity index (χ1v) is 6.84. The Balaban J connectivity index is 1.85. The lowest BCUT2D eigenvalue weighted by Crippen LogP contribution is -2.01. The molecule has 0 atom stereocenters. The quantitative estimate of drug-likeness (QED) is 0.730. The number of nitrogens with one attached hydrogen (secondary N) is 1. The molecule has 1 N–H and O–H groups in total. The molecule has 3 aromatic rings. The molecule has 0 radical (unpaired) electrons. The summed E-state index contributed by atoms with van der Waals surface area (Å²) in [7, 11) is 0. The summed E-state index contributed by atoms with van der Waals surface area (Å²) in [6, 6.07) is 8.19. The molecule has 0 fully saturated rings. The van der Waals surface area contributed by atoms with Gasteiger partial charge in [0.25, 0.3) is 0 Å². The van der Waals surface area contributed by atoms with Crippen LogP contribution >= 0.6 is 11.6 Å². The third kappa shape index (κ3) is 2.70. The fraction of sp³-hybridized carbons (Fsp3) is 0.231. The molecule has 102 valence electrons. The van der Waals surface area contributed by atoms with Crippen LogP contribution in [0.1, 0.15) is 12.0 Å². The van der Waals surface area contributed by atoms with Crippen molar-refractivity contribution in [2.24, 2.45) is 0 Å². The van der Waals surface area contributed by atoms with E-state index in [2.05, 4.69) is 38.0 Å². The molecule has 0 bridgehead atoms. The summed E-state index contributed by atoms with van der Waals surface area (Å²) < 4.78 is 1.61. The number of tetrazole rings is 1. The minimum atomic E-state index is 0.605. The van der Waals surface area contributed by atoms with Crippen molar-refractivity contribution in [1.29, 1.82) is 0 Å². The number of rotatable bonds is 5. The summed E-state index contributed by atoms with van der Waals surface area (Å²) in [4.78, 5) is 4.11. The summed E-state index contributed by atoms with van der Waals surface area (Å²) in [5.74, 6) is 1.40. The minimum Gasteiger partial charge on any atom is -0.339 e. The van der Waals surface area contributed by atoms with E-state index in [1.165, 1.54) is 5.56 Å². The van der Waals surface area contributed by atoms with Gasteiger partial charge in [0.2, 0.25) is 0 Å². The second-order valence-electron chi connectivity index (χ2n) is 4.36. The van der Waals surface area contributed by atoms with Crippen LogP contribution in [0.25, 0.3) is 5.65 Å². The zero-order chi connectivity index (χ0) is 13.8. The highest BCUT2D eigenvalue weighted by Gasteiger charge is 2.04. The van der Waals surface area contributed by atoms with E-state index in [9.17, 15) is 0 Å². The van der Waals surface area contributed by atoms with Crippen molar-refractivity contribution in [2.75, 3.05) is 11.2 Å². The number of halogens is 1. The largest absolute Gasteiger partial charge is 0.339 e. The van der Waals surface area contributed by atoms with Gasteiger partial charge in [-0.3, -0.25) is 4.98 Å². The average Bonchev–Trinajstić information content (AvgIpc) is 2.95. The van der Waals surface area contributed by atoms with E-state index in [0.717, 1.165) is 24.3 Å². The lowest BCUT2D eigenvalue weighted by molar-refractivity contribution is 0.826. The number of anilines is 2. The first-order chi connectivity index (χ1) is 9.86. The zero-order valence-electron chi connectivity index (χ0n) is 10.7. The number of fused-ring (bicyclic) bond motifs is 1. The molecule has 3 rings (SSSR count). The number of aryl methyl sites for hydroxylation is 1.